The lowest BCUT2D eigenvalue weighted by Crippen LogP contribution is -2.23. The number of amides is 1. The van der Waals surface area contributed by atoms with Gasteiger partial charge in [-0.2, -0.15) is 9.90 Å². The molecule has 26 heavy (non-hydrogen) atoms. The van der Waals surface area contributed by atoms with Crippen molar-refractivity contribution >= 4 is 17.2 Å². The average molecular weight is 361 g/mol. The van der Waals surface area contributed by atoms with Crippen LogP contribution in [-0.2, 0) is 6.54 Å². The fourth-order valence-corrected chi connectivity index (χ4v) is 3.20. The van der Waals surface area contributed by atoms with Crippen LogP contribution >= 0.6 is 11.3 Å². The van der Waals surface area contributed by atoms with Crippen LogP contribution in [0, 0.1) is 0 Å². The van der Waals surface area contributed by atoms with Crippen molar-refractivity contribution in [3.05, 3.63) is 83.8 Å². The van der Waals surface area contributed by atoms with Crippen LogP contribution in [0.5, 0.6) is 0 Å². The molecule has 0 bridgehead atoms. The van der Waals surface area contributed by atoms with Gasteiger partial charge in [0.25, 0.3) is 5.91 Å². The molecule has 0 aliphatic heterocycles. The first kappa shape index (κ1) is 16.2. The van der Waals surface area contributed by atoms with Crippen molar-refractivity contribution in [1.82, 2.24) is 25.3 Å². The maximum absolute atomic E-state index is 12.3. The molecule has 0 unspecified atom stereocenters. The lowest BCUT2D eigenvalue weighted by Gasteiger charge is -2.05. The minimum absolute atomic E-state index is 0.270. The van der Waals surface area contributed by atoms with Gasteiger partial charge in [-0.05, 0) is 35.2 Å². The van der Waals surface area contributed by atoms with Crippen LogP contribution in [0.1, 0.15) is 16.1 Å². The normalized spacial score (nSPS) is 10.6. The monoisotopic (exact) mass is 361 g/mol. The third-order valence-electron chi connectivity index (χ3n) is 3.77. The highest BCUT2D eigenvalue weighted by Crippen LogP contribution is 2.24. The molecule has 0 atom stereocenters. The van der Waals surface area contributed by atoms with Gasteiger partial charge in [0.15, 0.2) is 5.69 Å². The average Bonchev–Trinajstić information content (AvgIpc) is 3.39. The largest absolute Gasteiger partial charge is 0.346 e. The van der Waals surface area contributed by atoms with E-state index in [9.17, 15) is 4.79 Å². The van der Waals surface area contributed by atoms with Gasteiger partial charge < -0.3 is 5.32 Å². The van der Waals surface area contributed by atoms with Gasteiger partial charge in [-0.1, -0.05) is 24.3 Å². The van der Waals surface area contributed by atoms with E-state index in [1.165, 1.54) is 11.0 Å². The summed E-state index contributed by atoms with van der Waals surface area (Å²) in [6, 6.07) is 15.5. The fourth-order valence-electron chi connectivity index (χ4n) is 2.49. The zero-order valence-electron chi connectivity index (χ0n) is 13.7. The summed E-state index contributed by atoms with van der Waals surface area (Å²) in [7, 11) is 0. The number of pyridine rings is 1. The number of nitrogens with zero attached hydrogens (tertiary/aromatic N) is 4. The van der Waals surface area contributed by atoms with Gasteiger partial charge in [-0.15, -0.1) is 16.4 Å². The Balaban J connectivity index is 1.43. The minimum atomic E-state index is -0.270. The summed E-state index contributed by atoms with van der Waals surface area (Å²) in [4.78, 5) is 19.2. The number of benzene rings is 1. The Morgan fingerprint density at radius 2 is 1.96 bits per heavy atom. The molecule has 0 radical (unpaired) electrons. The topological polar surface area (TPSA) is 72.7 Å². The quantitative estimate of drug-likeness (QED) is 0.592. The number of hydrogen-bond donors (Lipinski definition) is 1. The highest BCUT2D eigenvalue weighted by Gasteiger charge is 2.11. The van der Waals surface area contributed by atoms with Crippen LogP contribution in [0.2, 0.25) is 0 Å². The number of hydrogen-bond acceptors (Lipinski definition) is 5. The van der Waals surface area contributed by atoms with E-state index >= 15 is 0 Å². The summed E-state index contributed by atoms with van der Waals surface area (Å²) < 4.78 is 0. The number of para-hydroxylation sites is 1. The first-order chi connectivity index (χ1) is 12.8. The molecule has 0 spiro atoms. The van der Waals surface area contributed by atoms with Gasteiger partial charge in [0.1, 0.15) is 0 Å². The van der Waals surface area contributed by atoms with E-state index in [1.54, 1.807) is 17.5 Å². The Morgan fingerprint density at radius 1 is 1.08 bits per heavy atom. The van der Waals surface area contributed by atoms with Crippen molar-refractivity contribution in [2.75, 3.05) is 0 Å². The van der Waals surface area contributed by atoms with Gasteiger partial charge in [0.2, 0.25) is 0 Å². The second-order valence-corrected chi connectivity index (χ2v) is 6.54. The van der Waals surface area contributed by atoms with Crippen molar-refractivity contribution in [1.29, 1.82) is 0 Å². The SMILES string of the molecule is O=C(NCc1cncc(-c2cccs2)c1)c1cnn(-c2ccccc2)n1. The van der Waals surface area contributed by atoms with Gasteiger partial charge in [0, 0.05) is 29.4 Å². The van der Waals surface area contributed by atoms with Crippen LogP contribution < -0.4 is 5.32 Å². The molecule has 4 aromatic rings. The van der Waals surface area contributed by atoms with Crippen molar-refractivity contribution in [2.24, 2.45) is 0 Å². The molecule has 6 nitrogen and oxygen atoms in total. The van der Waals surface area contributed by atoms with Crippen LogP contribution in [-0.4, -0.2) is 25.9 Å². The second-order valence-electron chi connectivity index (χ2n) is 5.60. The molecule has 3 heterocycles. The summed E-state index contributed by atoms with van der Waals surface area (Å²) in [5.41, 5.74) is 3.05. The predicted octanol–water partition coefficient (Wildman–Crippen LogP) is 3.32. The maximum atomic E-state index is 12.3. The number of thiophene rings is 1. The number of aromatic nitrogens is 4. The van der Waals surface area contributed by atoms with E-state index in [0.717, 1.165) is 21.7 Å². The molecule has 3 aromatic heterocycles. The first-order valence-corrected chi connectivity index (χ1v) is 8.91. The molecule has 1 amide bonds. The fraction of sp³-hybridized carbons (Fsp3) is 0.0526. The van der Waals surface area contributed by atoms with E-state index < -0.39 is 0 Å². The molecule has 0 saturated carbocycles. The number of rotatable bonds is 5. The molecule has 0 saturated heterocycles. The van der Waals surface area contributed by atoms with Crippen LogP contribution in [0.15, 0.2) is 72.5 Å². The molecule has 1 aromatic carbocycles. The molecular formula is C19H15N5OS. The Hall–Kier alpha value is -3.32. The number of nitrogens with one attached hydrogen (secondary N) is 1. The van der Waals surface area contributed by atoms with Crippen molar-refractivity contribution in [3.63, 3.8) is 0 Å². The highest BCUT2D eigenvalue weighted by molar-refractivity contribution is 7.13. The standard InChI is InChI=1S/C19H15N5OS/c25-19(17-13-22-24(23-17)16-5-2-1-3-6-16)21-11-14-9-15(12-20-10-14)18-7-4-8-26-18/h1-10,12-13H,11H2,(H,21,25). The highest BCUT2D eigenvalue weighted by atomic mass is 32.1. The minimum Gasteiger partial charge on any atom is -0.346 e. The third-order valence-corrected chi connectivity index (χ3v) is 4.68. The molecule has 0 fully saturated rings. The van der Waals surface area contributed by atoms with E-state index in [-0.39, 0.29) is 11.6 Å². The molecule has 0 aliphatic rings. The van der Waals surface area contributed by atoms with E-state index in [1.807, 2.05) is 60.1 Å². The van der Waals surface area contributed by atoms with Gasteiger partial charge in [0.05, 0.1) is 11.9 Å². The van der Waals surface area contributed by atoms with Crippen molar-refractivity contribution < 1.29 is 4.79 Å². The lowest BCUT2D eigenvalue weighted by molar-refractivity contribution is 0.0945. The van der Waals surface area contributed by atoms with Crippen molar-refractivity contribution in [3.8, 4) is 16.1 Å². The Kier molecular flexibility index (Phi) is 4.53. The van der Waals surface area contributed by atoms with E-state index in [4.69, 9.17) is 0 Å². The van der Waals surface area contributed by atoms with Crippen LogP contribution in [0.3, 0.4) is 0 Å². The zero-order chi connectivity index (χ0) is 17.8. The molecule has 7 heteroatoms. The van der Waals surface area contributed by atoms with Gasteiger partial charge in [-0.3, -0.25) is 9.78 Å². The van der Waals surface area contributed by atoms with Gasteiger partial charge in [-0.25, -0.2) is 0 Å². The van der Waals surface area contributed by atoms with E-state index in [0.29, 0.717) is 6.54 Å². The molecule has 128 valence electrons. The summed E-state index contributed by atoms with van der Waals surface area (Å²) in [5, 5.41) is 13.3. The Bertz CT molecular complexity index is 1010. The zero-order valence-corrected chi connectivity index (χ0v) is 14.6. The number of carbonyl (C=O) groups is 1. The Morgan fingerprint density at radius 3 is 2.77 bits per heavy atom. The molecule has 4 rings (SSSR count). The summed E-state index contributed by atoms with van der Waals surface area (Å²) in [6.45, 7) is 0.378. The maximum Gasteiger partial charge on any atom is 0.273 e. The molecular weight excluding hydrogens is 346 g/mol. The Labute approximate surface area is 154 Å². The first-order valence-electron chi connectivity index (χ1n) is 8.03. The third kappa shape index (κ3) is 3.52. The van der Waals surface area contributed by atoms with Crippen molar-refractivity contribution in [2.45, 2.75) is 6.54 Å². The van der Waals surface area contributed by atoms with Crippen LogP contribution in [0.25, 0.3) is 16.1 Å². The predicted molar refractivity (Wildman–Crippen MR) is 100 cm³/mol. The van der Waals surface area contributed by atoms with E-state index in [2.05, 4.69) is 20.5 Å². The summed E-state index contributed by atoms with van der Waals surface area (Å²) >= 11 is 1.66. The molecule has 1 N–H and O–H groups in total. The summed E-state index contributed by atoms with van der Waals surface area (Å²) in [5.74, 6) is -0.270. The van der Waals surface area contributed by atoms with Crippen LogP contribution in [0.4, 0.5) is 0 Å². The van der Waals surface area contributed by atoms with Gasteiger partial charge >= 0.3 is 0 Å². The summed E-state index contributed by atoms with van der Waals surface area (Å²) in [6.07, 6.45) is 5.03. The number of carbonyl (C=O) groups excluding carboxylic acids is 1. The molecule has 0 aliphatic carbocycles. The lowest BCUT2D eigenvalue weighted by atomic mass is 10.2. The second kappa shape index (κ2) is 7.28. The smallest absolute Gasteiger partial charge is 0.273 e.